The highest BCUT2D eigenvalue weighted by Gasteiger charge is 2.52. The molecule has 0 aliphatic carbocycles. The molecule has 3 amide bonds. The average molecular weight is 532 g/mol. The van der Waals surface area contributed by atoms with Crippen molar-refractivity contribution in [2.24, 2.45) is 5.92 Å². The van der Waals surface area contributed by atoms with Crippen LogP contribution in [-0.2, 0) is 9.59 Å². The van der Waals surface area contributed by atoms with Gasteiger partial charge in [-0.15, -0.1) is 0 Å². The first-order chi connectivity index (χ1) is 18.8. The van der Waals surface area contributed by atoms with Crippen molar-refractivity contribution < 1.29 is 19.2 Å². The highest BCUT2D eigenvalue weighted by molar-refractivity contribution is 6.03. The van der Waals surface area contributed by atoms with Gasteiger partial charge in [0.2, 0.25) is 5.91 Å². The maximum atomic E-state index is 13.8. The number of rotatable bonds is 7. The molecule has 2 N–H and O–H groups in total. The second-order valence-electron chi connectivity index (χ2n) is 11.0. The summed E-state index contributed by atoms with van der Waals surface area (Å²) in [6, 6.07) is 14.6. The number of benzene rings is 2. The SMILES string of the molecule is CC(C)C[C@H](NC(=O)c1ccc(N2CCNCC2)cc1)C(=O)N1CC[C@@H]2[C@H]1C(=O)CN2C(=O)c1ccccc1. The van der Waals surface area contributed by atoms with E-state index in [0.29, 0.717) is 30.5 Å². The molecular formula is C30H37N5O4. The van der Waals surface area contributed by atoms with Crippen LogP contribution in [0.4, 0.5) is 5.69 Å². The molecule has 206 valence electrons. The van der Waals surface area contributed by atoms with Gasteiger partial charge < -0.3 is 25.3 Å². The maximum absolute atomic E-state index is 13.8. The van der Waals surface area contributed by atoms with E-state index in [-0.39, 0.29) is 42.0 Å². The van der Waals surface area contributed by atoms with E-state index in [2.05, 4.69) is 15.5 Å². The first-order valence-corrected chi connectivity index (χ1v) is 13.9. The number of likely N-dealkylation sites (tertiary alicyclic amines) is 2. The third kappa shape index (κ3) is 5.68. The van der Waals surface area contributed by atoms with Crippen LogP contribution in [0.25, 0.3) is 0 Å². The monoisotopic (exact) mass is 531 g/mol. The minimum Gasteiger partial charge on any atom is -0.369 e. The summed E-state index contributed by atoms with van der Waals surface area (Å²) in [6.07, 6.45) is 0.995. The summed E-state index contributed by atoms with van der Waals surface area (Å²) in [4.78, 5) is 58.7. The van der Waals surface area contributed by atoms with E-state index in [1.165, 1.54) is 0 Å². The molecule has 3 aliphatic heterocycles. The molecule has 0 aromatic heterocycles. The number of nitrogens with zero attached hydrogens (tertiary/aromatic N) is 3. The van der Waals surface area contributed by atoms with E-state index in [4.69, 9.17) is 0 Å². The Balaban J connectivity index is 1.28. The van der Waals surface area contributed by atoms with Crippen LogP contribution < -0.4 is 15.5 Å². The molecule has 0 bridgehead atoms. The molecule has 2 aromatic rings. The molecule has 3 aliphatic rings. The van der Waals surface area contributed by atoms with Gasteiger partial charge in [-0.05, 0) is 55.2 Å². The molecule has 3 heterocycles. The lowest BCUT2D eigenvalue weighted by molar-refractivity contribution is -0.138. The quantitative estimate of drug-likeness (QED) is 0.566. The van der Waals surface area contributed by atoms with Crippen LogP contribution in [0, 0.1) is 5.92 Å². The van der Waals surface area contributed by atoms with Gasteiger partial charge in [-0.1, -0.05) is 32.0 Å². The molecule has 39 heavy (non-hydrogen) atoms. The second-order valence-corrected chi connectivity index (χ2v) is 11.0. The predicted octanol–water partition coefficient (Wildman–Crippen LogP) is 1.94. The molecule has 0 saturated carbocycles. The van der Waals surface area contributed by atoms with E-state index in [1.54, 1.807) is 46.2 Å². The minimum atomic E-state index is -0.754. The number of piperazine rings is 1. The summed E-state index contributed by atoms with van der Waals surface area (Å²) in [5.74, 6) is -0.738. The molecule has 0 radical (unpaired) electrons. The fourth-order valence-electron chi connectivity index (χ4n) is 5.97. The van der Waals surface area contributed by atoms with Crippen molar-refractivity contribution in [1.29, 1.82) is 0 Å². The molecule has 3 atom stereocenters. The zero-order chi connectivity index (χ0) is 27.5. The summed E-state index contributed by atoms with van der Waals surface area (Å²) in [5, 5.41) is 6.28. The van der Waals surface area contributed by atoms with Crippen molar-refractivity contribution in [3.63, 3.8) is 0 Å². The number of anilines is 1. The van der Waals surface area contributed by atoms with Gasteiger partial charge in [0.25, 0.3) is 11.8 Å². The number of hydrogen-bond acceptors (Lipinski definition) is 6. The Morgan fingerprint density at radius 2 is 1.62 bits per heavy atom. The zero-order valence-electron chi connectivity index (χ0n) is 22.6. The summed E-state index contributed by atoms with van der Waals surface area (Å²) in [6.45, 7) is 8.07. The summed E-state index contributed by atoms with van der Waals surface area (Å²) >= 11 is 0. The van der Waals surface area contributed by atoms with Crippen LogP contribution in [-0.4, -0.2) is 90.7 Å². The summed E-state index contributed by atoms with van der Waals surface area (Å²) in [7, 11) is 0. The van der Waals surface area contributed by atoms with Gasteiger partial charge in [-0.25, -0.2) is 0 Å². The third-order valence-corrected chi connectivity index (χ3v) is 7.91. The van der Waals surface area contributed by atoms with E-state index in [9.17, 15) is 19.2 Å². The van der Waals surface area contributed by atoms with E-state index < -0.39 is 12.1 Å². The maximum Gasteiger partial charge on any atom is 0.254 e. The molecule has 3 fully saturated rings. The Morgan fingerprint density at radius 3 is 2.28 bits per heavy atom. The first-order valence-electron chi connectivity index (χ1n) is 13.9. The van der Waals surface area contributed by atoms with Crippen molar-refractivity contribution in [3.8, 4) is 0 Å². The molecular weight excluding hydrogens is 494 g/mol. The highest BCUT2D eigenvalue weighted by Crippen LogP contribution is 2.32. The Morgan fingerprint density at radius 1 is 0.923 bits per heavy atom. The van der Waals surface area contributed by atoms with Crippen molar-refractivity contribution in [2.45, 2.75) is 44.8 Å². The van der Waals surface area contributed by atoms with Crippen LogP contribution in [0.15, 0.2) is 54.6 Å². The number of Topliss-reactive ketones (excluding diaryl/α,β-unsaturated/α-hetero) is 1. The summed E-state index contributed by atoms with van der Waals surface area (Å²) in [5.41, 5.74) is 2.09. The fourth-order valence-corrected chi connectivity index (χ4v) is 5.97. The van der Waals surface area contributed by atoms with Gasteiger partial charge >= 0.3 is 0 Å². The lowest BCUT2D eigenvalue weighted by atomic mass is 10.0. The largest absolute Gasteiger partial charge is 0.369 e. The standard InChI is InChI=1S/C30H37N5O4/c1-20(2)18-24(32-28(37)21-8-10-23(11-9-21)33-16-13-31-14-17-33)30(39)34-15-12-25-27(34)26(36)19-35(25)29(38)22-6-4-3-5-7-22/h3-11,20,24-25,27,31H,12-19H2,1-2H3,(H,32,37)/t24-,25+,27-/m0/s1. The number of hydrogen-bond donors (Lipinski definition) is 2. The summed E-state index contributed by atoms with van der Waals surface area (Å²) < 4.78 is 0. The minimum absolute atomic E-state index is 0.00647. The van der Waals surface area contributed by atoms with E-state index in [0.717, 1.165) is 31.9 Å². The predicted molar refractivity (Wildman–Crippen MR) is 149 cm³/mol. The Bertz CT molecular complexity index is 1210. The van der Waals surface area contributed by atoms with Crippen molar-refractivity contribution in [1.82, 2.24) is 20.4 Å². The Labute approximate surface area is 229 Å². The van der Waals surface area contributed by atoms with Crippen LogP contribution in [0.5, 0.6) is 0 Å². The number of ketones is 1. The van der Waals surface area contributed by atoms with Gasteiger partial charge in [0.05, 0.1) is 12.6 Å². The number of fused-ring (bicyclic) bond motifs is 1. The van der Waals surface area contributed by atoms with Gasteiger partial charge in [0, 0.05) is 49.5 Å². The van der Waals surface area contributed by atoms with Crippen LogP contribution in [0.3, 0.4) is 0 Å². The average Bonchev–Trinajstić information content (AvgIpc) is 3.54. The topological polar surface area (TPSA) is 102 Å². The molecule has 9 heteroatoms. The fraction of sp³-hybridized carbons (Fsp3) is 0.467. The Kier molecular flexibility index (Phi) is 7.97. The molecule has 3 saturated heterocycles. The van der Waals surface area contributed by atoms with E-state index in [1.807, 2.05) is 32.0 Å². The van der Waals surface area contributed by atoms with Crippen molar-refractivity contribution in [3.05, 3.63) is 65.7 Å². The van der Waals surface area contributed by atoms with Gasteiger partial charge in [0.15, 0.2) is 5.78 Å². The van der Waals surface area contributed by atoms with Crippen LogP contribution in [0.2, 0.25) is 0 Å². The smallest absolute Gasteiger partial charge is 0.254 e. The number of nitrogens with one attached hydrogen (secondary N) is 2. The third-order valence-electron chi connectivity index (χ3n) is 7.91. The molecule has 9 nitrogen and oxygen atoms in total. The lowest BCUT2D eigenvalue weighted by Gasteiger charge is -2.30. The zero-order valence-corrected chi connectivity index (χ0v) is 22.6. The molecule has 0 spiro atoms. The number of amides is 3. The van der Waals surface area contributed by atoms with Gasteiger partial charge in [0.1, 0.15) is 12.1 Å². The number of carbonyl (C=O) groups excluding carboxylic acids is 4. The van der Waals surface area contributed by atoms with Gasteiger partial charge in [-0.2, -0.15) is 0 Å². The van der Waals surface area contributed by atoms with Gasteiger partial charge in [-0.3, -0.25) is 19.2 Å². The normalized spacial score (nSPS) is 21.7. The van der Waals surface area contributed by atoms with E-state index >= 15 is 0 Å². The first kappa shape index (κ1) is 26.9. The Hall–Kier alpha value is -3.72. The molecule has 0 unspecified atom stereocenters. The highest BCUT2D eigenvalue weighted by atomic mass is 16.2. The number of carbonyl (C=O) groups is 4. The second kappa shape index (κ2) is 11.6. The van der Waals surface area contributed by atoms with Crippen LogP contribution in [0.1, 0.15) is 47.4 Å². The van der Waals surface area contributed by atoms with Crippen molar-refractivity contribution in [2.75, 3.05) is 44.2 Å². The van der Waals surface area contributed by atoms with Crippen molar-refractivity contribution >= 4 is 29.2 Å². The lowest BCUT2D eigenvalue weighted by Crippen LogP contribution is -2.53. The molecule has 2 aromatic carbocycles. The van der Waals surface area contributed by atoms with Crippen LogP contribution >= 0.6 is 0 Å². The molecule has 5 rings (SSSR count).